The van der Waals surface area contributed by atoms with Gasteiger partial charge in [0.05, 0.1) is 11.4 Å². The van der Waals surface area contributed by atoms with Gasteiger partial charge >= 0.3 is 5.97 Å². The number of carboxylic acids is 1. The Bertz CT molecular complexity index is 668. The Hall–Kier alpha value is -1.95. The average Bonchev–Trinajstić information content (AvgIpc) is 2.88. The van der Waals surface area contributed by atoms with Crippen molar-refractivity contribution in [3.63, 3.8) is 0 Å². The fourth-order valence-electron chi connectivity index (χ4n) is 2.61. The molecule has 1 unspecified atom stereocenters. The van der Waals surface area contributed by atoms with Gasteiger partial charge in [-0.15, -0.1) is 11.3 Å². The van der Waals surface area contributed by atoms with Gasteiger partial charge in [0.25, 0.3) is 0 Å². The number of aryl methyl sites for hydroxylation is 2. The normalized spacial score (nSPS) is 17.9. The Kier molecular flexibility index (Phi) is 3.17. The number of aromatic nitrogens is 2. The molecule has 0 radical (unpaired) electrons. The van der Waals surface area contributed by atoms with Gasteiger partial charge in [-0.05, 0) is 37.3 Å². The first-order valence-corrected chi connectivity index (χ1v) is 7.32. The van der Waals surface area contributed by atoms with Crippen LogP contribution in [0.5, 0.6) is 0 Å². The van der Waals surface area contributed by atoms with Crippen LogP contribution in [-0.2, 0) is 11.2 Å². The molecule has 0 amide bonds. The van der Waals surface area contributed by atoms with E-state index in [2.05, 4.69) is 9.97 Å². The second-order valence-corrected chi connectivity index (χ2v) is 5.90. The Morgan fingerprint density at radius 1 is 1.50 bits per heavy atom. The summed E-state index contributed by atoms with van der Waals surface area (Å²) in [6.07, 6.45) is 2.56. The molecule has 3 heterocycles. The molecule has 0 aliphatic carbocycles. The van der Waals surface area contributed by atoms with Crippen molar-refractivity contribution in [1.82, 2.24) is 9.97 Å². The van der Waals surface area contributed by atoms with Gasteiger partial charge in [0.1, 0.15) is 0 Å². The number of thiophene rings is 1. The molecule has 3 rings (SSSR count). The maximum atomic E-state index is 11.7. The maximum absolute atomic E-state index is 11.7. The van der Waals surface area contributed by atoms with Gasteiger partial charge in [-0.1, -0.05) is 0 Å². The third kappa shape index (κ3) is 2.06. The summed E-state index contributed by atoms with van der Waals surface area (Å²) >= 11 is 1.63. The number of nitrogens with zero attached hydrogens (tertiary/aromatic N) is 3. The fourth-order valence-corrected chi connectivity index (χ4v) is 3.51. The van der Waals surface area contributed by atoms with Crippen molar-refractivity contribution in [2.75, 3.05) is 11.4 Å². The van der Waals surface area contributed by atoms with E-state index in [1.54, 1.807) is 17.5 Å². The van der Waals surface area contributed by atoms with Crippen LogP contribution in [0.25, 0.3) is 0 Å². The second-order valence-electron chi connectivity index (χ2n) is 4.90. The topological polar surface area (TPSA) is 66.3 Å². The summed E-state index contributed by atoms with van der Waals surface area (Å²) in [5.41, 5.74) is 2.45. The largest absolute Gasteiger partial charge is 0.479 e. The van der Waals surface area contributed by atoms with Crippen LogP contribution >= 0.6 is 11.3 Å². The Labute approximate surface area is 120 Å². The molecule has 0 spiro atoms. The number of aliphatic carboxylic acids is 1. The minimum absolute atomic E-state index is 0.656. The van der Waals surface area contributed by atoms with E-state index in [1.165, 1.54) is 0 Å². The highest BCUT2D eigenvalue weighted by atomic mass is 32.1. The summed E-state index contributed by atoms with van der Waals surface area (Å²) in [6, 6.07) is 1.24. The van der Waals surface area contributed by atoms with Crippen molar-refractivity contribution in [2.24, 2.45) is 0 Å². The number of anilines is 1. The monoisotopic (exact) mass is 289 g/mol. The molecule has 20 heavy (non-hydrogen) atoms. The van der Waals surface area contributed by atoms with Crippen molar-refractivity contribution in [3.05, 3.63) is 39.5 Å². The summed E-state index contributed by atoms with van der Waals surface area (Å²) in [4.78, 5) is 23.5. The van der Waals surface area contributed by atoms with Crippen LogP contribution < -0.4 is 4.90 Å². The van der Waals surface area contributed by atoms with Crippen molar-refractivity contribution in [3.8, 4) is 0 Å². The number of hydrogen-bond donors (Lipinski definition) is 1. The van der Waals surface area contributed by atoms with Crippen LogP contribution in [-0.4, -0.2) is 27.6 Å². The van der Waals surface area contributed by atoms with E-state index in [9.17, 15) is 9.90 Å². The quantitative estimate of drug-likeness (QED) is 0.919. The first-order chi connectivity index (χ1) is 9.58. The smallest absolute Gasteiger partial charge is 0.331 e. The summed E-state index contributed by atoms with van der Waals surface area (Å²) in [5, 5.41) is 11.6. The first-order valence-electron chi connectivity index (χ1n) is 6.44. The molecule has 1 aliphatic rings. The Morgan fingerprint density at radius 3 is 3.05 bits per heavy atom. The molecular weight excluding hydrogens is 274 g/mol. The maximum Gasteiger partial charge on any atom is 0.331 e. The number of rotatable bonds is 2. The molecule has 1 N–H and O–H groups in total. The zero-order valence-electron chi connectivity index (χ0n) is 11.3. The van der Waals surface area contributed by atoms with E-state index in [-0.39, 0.29) is 0 Å². The first kappa shape index (κ1) is 13.1. The third-order valence-corrected chi connectivity index (χ3v) is 4.52. The van der Waals surface area contributed by atoms with E-state index >= 15 is 0 Å². The van der Waals surface area contributed by atoms with Crippen LogP contribution in [0, 0.1) is 13.8 Å². The van der Waals surface area contributed by atoms with Crippen LogP contribution in [0.2, 0.25) is 0 Å². The van der Waals surface area contributed by atoms with Crippen molar-refractivity contribution in [1.29, 1.82) is 0 Å². The van der Waals surface area contributed by atoms with Gasteiger partial charge in [-0.2, -0.15) is 0 Å². The average molecular weight is 289 g/mol. The molecule has 2 aromatic heterocycles. The van der Waals surface area contributed by atoms with Gasteiger partial charge in [-0.3, -0.25) is 4.98 Å². The van der Waals surface area contributed by atoms with Gasteiger partial charge < -0.3 is 10.0 Å². The fraction of sp³-hybridized carbons (Fsp3) is 0.357. The van der Waals surface area contributed by atoms with Gasteiger partial charge in [0.15, 0.2) is 11.9 Å². The molecule has 104 valence electrons. The lowest BCUT2D eigenvalue weighted by Gasteiger charge is -2.34. The Balaban J connectivity index is 2.09. The zero-order valence-corrected chi connectivity index (χ0v) is 12.1. The van der Waals surface area contributed by atoms with E-state index in [0.717, 1.165) is 28.2 Å². The van der Waals surface area contributed by atoms with E-state index in [4.69, 9.17) is 0 Å². The predicted molar refractivity (Wildman–Crippen MR) is 77.3 cm³/mol. The molecule has 5 nitrogen and oxygen atoms in total. The molecule has 6 heteroatoms. The van der Waals surface area contributed by atoms with Crippen LogP contribution in [0.4, 0.5) is 5.82 Å². The van der Waals surface area contributed by atoms with Gasteiger partial charge in [0.2, 0.25) is 0 Å². The molecule has 1 aliphatic heterocycles. The van der Waals surface area contributed by atoms with E-state index in [1.807, 2.05) is 30.2 Å². The van der Waals surface area contributed by atoms with Gasteiger partial charge in [0, 0.05) is 17.6 Å². The molecule has 0 aromatic carbocycles. The predicted octanol–water partition coefficient (Wildman–Crippen LogP) is 2.34. The molecule has 0 saturated heterocycles. The number of carbonyl (C=O) groups is 1. The highest BCUT2D eigenvalue weighted by Crippen LogP contribution is 2.36. The molecule has 1 atom stereocenters. The molecule has 2 aromatic rings. The number of carboxylic acid groups (broad SMARTS) is 1. The van der Waals surface area contributed by atoms with Gasteiger partial charge in [-0.25, -0.2) is 9.78 Å². The van der Waals surface area contributed by atoms with Crippen LogP contribution in [0.15, 0.2) is 17.6 Å². The lowest BCUT2D eigenvalue weighted by atomic mass is 10.00. The third-order valence-electron chi connectivity index (χ3n) is 3.52. The minimum atomic E-state index is -0.841. The lowest BCUT2D eigenvalue weighted by molar-refractivity contribution is -0.138. The summed E-state index contributed by atoms with van der Waals surface area (Å²) in [7, 11) is 0. The minimum Gasteiger partial charge on any atom is -0.479 e. The van der Waals surface area contributed by atoms with Crippen molar-refractivity contribution in [2.45, 2.75) is 26.3 Å². The molecular formula is C14H15N3O2S. The lowest BCUT2D eigenvalue weighted by Crippen LogP contribution is -2.40. The second kappa shape index (κ2) is 4.86. The van der Waals surface area contributed by atoms with E-state index < -0.39 is 12.0 Å². The zero-order chi connectivity index (χ0) is 14.3. The van der Waals surface area contributed by atoms with E-state index in [0.29, 0.717) is 12.4 Å². The SMILES string of the molecule is Cc1cnc(C)c(N2CCc3sccc3C2C(=O)O)n1. The summed E-state index contributed by atoms with van der Waals surface area (Å²) in [6.45, 7) is 4.39. The summed E-state index contributed by atoms with van der Waals surface area (Å²) in [5.74, 6) is -0.165. The van der Waals surface area contributed by atoms with Crippen molar-refractivity contribution < 1.29 is 9.90 Å². The van der Waals surface area contributed by atoms with Crippen molar-refractivity contribution >= 4 is 23.1 Å². The van der Waals surface area contributed by atoms with Crippen LogP contribution in [0.3, 0.4) is 0 Å². The summed E-state index contributed by atoms with van der Waals surface area (Å²) < 4.78 is 0. The number of hydrogen-bond acceptors (Lipinski definition) is 5. The standard InChI is InChI=1S/C14H15N3O2S/c1-8-7-15-9(2)13(16-8)17-5-3-11-10(4-6-20-11)12(17)14(18)19/h4,6-7,12H,3,5H2,1-2H3,(H,18,19). The van der Waals surface area contributed by atoms with Crippen LogP contribution in [0.1, 0.15) is 27.9 Å². The Morgan fingerprint density at radius 2 is 2.30 bits per heavy atom. The molecule has 0 fully saturated rings. The molecule has 0 saturated carbocycles. The highest BCUT2D eigenvalue weighted by Gasteiger charge is 2.35. The number of fused-ring (bicyclic) bond motifs is 1. The molecule has 0 bridgehead atoms. The highest BCUT2D eigenvalue weighted by molar-refractivity contribution is 7.10.